The van der Waals surface area contributed by atoms with Gasteiger partial charge in [0.2, 0.25) is 6.79 Å². The summed E-state index contributed by atoms with van der Waals surface area (Å²) in [4.78, 5) is 12.2. The van der Waals surface area contributed by atoms with E-state index in [0.29, 0.717) is 11.5 Å². The van der Waals surface area contributed by atoms with Crippen molar-refractivity contribution in [2.75, 3.05) is 12.1 Å². The predicted molar refractivity (Wildman–Crippen MR) is 72.3 cm³/mol. The second kappa shape index (κ2) is 4.11. The number of ether oxygens (including phenoxy) is 2. The van der Waals surface area contributed by atoms with Crippen molar-refractivity contribution in [3.05, 3.63) is 47.3 Å². The van der Waals surface area contributed by atoms with Gasteiger partial charge in [0.15, 0.2) is 17.1 Å². The Bertz CT molecular complexity index is 822. The van der Waals surface area contributed by atoms with E-state index in [2.05, 4.69) is 5.32 Å². The number of aromatic hydroxyl groups is 1. The van der Waals surface area contributed by atoms with Crippen molar-refractivity contribution in [3.8, 4) is 17.2 Å². The molecule has 1 atom stereocenters. The van der Waals surface area contributed by atoms with Crippen LogP contribution in [0.3, 0.4) is 0 Å². The third kappa shape index (κ3) is 1.48. The summed E-state index contributed by atoms with van der Waals surface area (Å²) >= 11 is 0. The minimum Gasteiger partial charge on any atom is -0.507 e. The van der Waals surface area contributed by atoms with Gasteiger partial charge in [-0.15, -0.1) is 0 Å². The highest BCUT2D eigenvalue weighted by molar-refractivity contribution is 6.07. The monoisotopic (exact) mass is 303 g/mol. The maximum Gasteiger partial charge on any atom is 0.266 e. The van der Waals surface area contributed by atoms with E-state index in [1.165, 1.54) is 30.3 Å². The molecule has 2 heterocycles. The lowest BCUT2D eigenvalue weighted by Gasteiger charge is -2.22. The number of halogens is 1. The van der Waals surface area contributed by atoms with Crippen LogP contribution in [0.2, 0.25) is 0 Å². The van der Waals surface area contributed by atoms with Crippen molar-refractivity contribution in [3.63, 3.8) is 0 Å². The van der Waals surface area contributed by atoms with Gasteiger partial charge in [-0.2, -0.15) is 0 Å². The first-order chi connectivity index (χ1) is 10.5. The number of phenols is 1. The smallest absolute Gasteiger partial charge is 0.266 e. The number of anilines is 1. The summed E-state index contributed by atoms with van der Waals surface area (Å²) in [6.45, 7) is -0.0198. The van der Waals surface area contributed by atoms with Crippen molar-refractivity contribution in [1.29, 1.82) is 0 Å². The van der Waals surface area contributed by atoms with Crippen LogP contribution in [-0.4, -0.2) is 22.9 Å². The van der Waals surface area contributed by atoms with E-state index in [-0.39, 0.29) is 29.4 Å². The second-order valence-electron chi connectivity index (χ2n) is 5.05. The zero-order chi connectivity index (χ0) is 15.5. The highest BCUT2D eigenvalue weighted by Gasteiger charge is 2.50. The molecule has 0 fully saturated rings. The molecule has 3 N–H and O–H groups in total. The van der Waals surface area contributed by atoms with Gasteiger partial charge in [-0.3, -0.25) is 4.79 Å². The lowest BCUT2D eigenvalue weighted by Crippen LogP contribution is -2.35. The van der Waals surface area contributed by atoms with Crippen LogP contribution in [0.15, 0.2) is 30.3 Å². The molecule has 4 rings (SSSR count). The van der Waals surface area contributed by atoms with Gasteiger partial charge in [0.25, 0.3) is 5.91 Å². The molecule has 0 saturated heterocycles. The molecule has 0 aliphatic carbocycles. The summed E-state index contributed by atoms with van der Waals surface area (Å²) in [5.74, 6) is -1.26. The molecule has 22 heavy (non-hydrogen) atoms. The van der Waals surface area contributed by atoms with Crippen LogP contribution >= 0.6 is 0 Å². The normalized spacial score (nSPS) is 21.6. The van der Waals surface area contributed by atoms with Crippen molar-refractivity contribution >= 4 is 11.6 Å². The first-order valence-electron chi connectivity index (χ1n) is 6.47. The Labute approximate surface area is 123 Å². The van der Waals surface area contributed by atoms with Gasteiger partial charge < -0.3 is 25.0 Å². The molecule has 0 aromatic heterocycles. The summed E-state index contributed by atoms with van der Waals surface area (Å²) in [6.07, 6.45) is 0. The van der Waals surface area contributed by atoms with Crippen LogP contribution in [0, 0.1) is 5.82 Å². The Morgan fingerprint density at radius 1 is 1.18 bits per heavy atom. The average molecular weight is 303 g/mol. The Balaban J connectivity index is 1.97. The molecule has 2 aromatic rings. The number of benzene rings is 2. The fourth-order valence-corrected chi connectivity index (χ4v) is 2.77. The van der Waals surface area contributed by atoms with Crippen molar-refractivity contribution in [2.24, 2.45) is 0 Å². The molecule has 0 bridgehead atoms. The standard InChI is InChI=1S/C15H10FNO5/c16-9-3-1-2-7-13(9)17-14(19)15(7,20)8-4-11-12(5-10(8)18)22-6-21-11/h1-5,18,20H,6H2,(H,17,19). The maximum atomic E-state index is 13.8. The Morgan fingerprint density at radius 2 is 1.91 bits per heavy atom. The van der Waals surface area contributed by atoms with Gasteiger partial charge in [0, 0.05) is 17.2 Å². The molecule has 2 aliphatic heterocycles. The fraction of sp³-hybridized carbons (Fsp3) is 0.133. The quantitative estimate of drug-likeness (QED) is 0.742. The zero-order valence-electron chi connectivity index (χ0n) is 11.1. The number of hydrogen-bond donors (Lipinski definition) is 3. The molecule has 2 aromatic carbocycles. The van der Waals surface area contributed by atoms with E-state index >= 15 is 0 Å². The van der Waals surface area contributed by atoms with Crippen LogP contribution in [0.5, 0.6) is 17.2 Å². The molecular weight excluding hydrogens is 293 g/mol. The molecule has 2 aliphatic rings. The summed E-state index contributed by atoms with van der Waals surface area (Å²) in [6, 6.07) is 6.53. The molecule has 0 spiro atoms. The lowest BCUT2D eigenvalue weighted by atomic mass is 9.86. The van der Waals surface area contributed by atoms with E-state index < -0.39 is 17.3 Å². The molecule has 6 nitrogen and oxygen atoms in total. The number of hydrogen-bond acceptors (Lipinski definition) is 5. The molecule has 7 heteroatoms. The molecular formula is C15H10FNO5. The Hall–Kier alpha value is -2.80. The van der Waals surface area contributed by atoms with Crippen LogP contribution in [0.25, 0.3) is 0 Å². The number of amides is 1. The van der Waals surface area contributed by atoms with Crippen molar-refractivity contribution in [2.45, 2.75) is 5.60 Å². The number of carbonyl (C=O) groups excluding carboxylic acids is 1. The van der Waals surface area contributed by atoms with Gasteiger partial charge in [-0.1, -0.05) is 12.1 Å². The summed E-state index contributed by atoms with van der Waals surface area (Å²) in [7, 11) is 0. The van der Waals surface area contributed by atoms with Crippen LogP contribution in [0.1, 0.15) is 11.1 Å². The molecule has 0 saturated carbocycles. The minimum atomic E-state index is -2.21. The van der Waals surface area contributed by atoms with Gasteiger partial charge in [-0.05, 0) is 12.1 Å². The molecule has 1 unspecified atom stereocenters. The number of para-hydroxylation sites is 1. The Kier molecular flexibility index (Phi) is 2.41. The third-order valence-corrected chi connectivity index (χ3v) is 3.85. The van der Waals surface area contributed by atoms with E-state index in [0.717, 1.165) is 0 Å². The second-order valence-corrected chi connectivity index (χ2v) is 5.05. The van der Waals surface area contributed by atoms with E-state index in [4.69, 9.17) is 9.47 Å². The number of rotatable bonds is 1. The summed E-state index contributed by atoms with van der Waals surface area (Å²) in [5, 5.41) is 23.3. The maximum absolute atomic E-state index is 13.8. The van der Waals surface area contributed by atoms with E-state index in [1.807, 2.05) is 0 Å². The Morgan fingerprint density at radius 3 is 2.68 bits per heavy atom. The van der Waals surface area contributed by atoms with E-state index in [1.54, 1.807) is 0 Å². The van der Waals surface area contributed by atoms with Crippen LogP contribution in [-0.2, 0) is 10.4 Å². The molecule has 112 valence electrons. The highest BCUT2D eigenvalue weighted by atomic mass is 19.1. The lowest BCUT2D eigenvalue weighted by molar-refractivity contribution is -0.129. The predicted octanol–water partition coefficient (Wildman–Crippen LogP) is 1.45. The van der Waals surface area contributed by atoms with Gasteiger partial charge in [0.1, 0.15) is 11.6 Å². The number of phenolic OH excluding ortho intramolecular Hbond substituents is 1. The SMILES string of the molecule is O=C1Nc2c(F)cccc2C1(O)c1cc2c(cc1O)OCO2. The third-order valence-electron chi connectivity index (χ3n) is 3.85. The van der Waals surface area contributed by atoms with Crippen molar-refractivity contribution in [1.82, 2.24) is 0 Å². The highest BCUT2D eigenvalue weighted by Crippen LogP contribution is 2.48. The first kappa shape index (κ1) is 12.9. The summed E-state index contributed by atoms with van der Waals surface area (Å²) < 4.78 is 24.1. The largest absolute Gasteiger partial charge is 0.507 e. The molecule has 1 amide bonds. The van der Waals surface area contributed by atoms with Crippen molar-refractivity contribution < 1.29 is 28.9 Å². The fourth-order valence-electron chi connectivity index (χ4n) is 2.77. The number of fused-ring (bicyclic) bond motifs is 2. The van der Waals surface area contributed by atoms with Crippen LogP contribution in [0.4, 0.5) is 10.1 Å². The summed E-state index contributed by atoms with van der Waals surface area (Å²) in [5.41, 5.74) is -2.37. The minimum absolute atomic E-state index is 0.0198. The average Bonchev–Trinajstić information content (AvgIpc) is 3.03. The number of nitrogens with one attached hydrogen (secondary N) is 1. The topological polar surface area (TPSA) is 88.0 Å². The van der Waals surface area contributed by atoms with Gasteiger partial charge in [0.05, 0.1) is 5.69 Å². The van der Waals surface area contributed by atoms with E-state index in [9.17, 15) is 19.4 Å². The van der Waals surface area contributed by atoms with Gasteiger partial charge >= 0.3 is 0 Å². The number of carbonyl (C=O) groups is 1. The van der Waals surface area contributed by atoms with Gasteiger partial charge in [-0.25, -0.2) is 4.39 Å². The van der Waals surface area contributed by atoms with Crippen LogP contribution < -0.4 is 14.8 Å². The first-order valence-corrected chi connectivity index (χ1v) is 6.47. The molecule has 0 radical (unpaired) electrons. The zero-order valence-corrected chi connectivity index (χ0v) is 11.1. The number of aliphatic hydroxyl groups is 1.